The molecule has 1 atom stereocenters. The fourth-order valence-electron chi connectivity index (χ4n) is 2.29. The molecule has 3 rings (SSSR count). The van der Waals surface area contributed by atoms with Crippen molar-refractivity contribution in [2.45, 2.75) is 16.5 Å². The Balaban J connectivity index is 0.000000542. The van der Waals surface area contributed by atoms with Crippen molar-refractivity contribution in [1.82, 2.24) is 0 Å². The maximum absolute atomic E-state index is 10.2. The van der Waals surface area contributed by atoms with Crippen LogP contribution < -0.4 is 21.2 Å². The molecule has 0 fully saturated rings. The van der Waals surface area contributed by atoms with Crippen LogP contribution >= 0.6 is 0 Å². The average molecular weight is 705 g/mol. The van der Waals surface area contributed by atoms with Crippen molar-refractivity contribution in [3.8, 4) is 0 Å². The third-order valence-corrected chi connectivity index (χ3v) is 6.70. The zero-order chi connectivity index (χ0) is 18.8. The Morgan fingerprint density at radius 1 is 0.852 bits per heavy atom. The van der Waals surface area contributed by atoms with Gasteiger partial charge in [0.25, 0.3) is 6.18 Å². The first-order valence-corrected chi connectivity index (χ1v) is 10.3. The van der Waals surface area contributed by atoms with E-state index in [0.29, 0.717) is 3.92 Å². The Morgan fingerprint density at radius 2 is 1.33 bits per heavy atom. The third kappa shape index (κ3) is 11.0. The van der Waals surface area contributed by atoms with E-state index in [-0.39, 0.29) is 52.3 Å². The number of benzene rings is 3. The Morgan fingerprint density at radius 3 is 1.85 bits per heavy atom. The van der Waals surface area contributed by atoms with Crippen molar-refractivity contribution in [3.05, 3.63) is 113 Å². The summed E-state index contributed by atoms with van der Waals surface area (Å²) in [4.78, 5) is 0. The monoisotopic (exact) mass is 705 g/mol. The van der Waals surface area contributed by atoms with Crippen LogP contribution in [0.15, 0.2) is 84.9 Å². The molecule has 0 heterocycles. The summed E-state index contributed by atoms with van der Waals surface area (Å²) in [6.07, 6.45) is -3.14. The first-order valence-electron chi connectivity index (χ1n) is 8.02. The van der Waals surface area contributed by atoms with E-state index in [1.807, 2.05) is 12.1 Å². The van der Waals surface area contributed by atoms with Crippen LogP contribution in [-0.2, 0) is 6.42 Å². The Bertz CT molecular complexity index is 699. The van der Waals surface area contributed by atoms with Crippen LogP contribution in [0.2, 0.25) is 0 Å². The van der Waals surface area contributed by atoms with Crippen molar-refractivity contribution in [1.29, 1.82) is 0 Å². The standard InChI is InChI=1S/C20H17I.C2H2F3.U/c1-4-10-17(11-5-1)16-20(18-12-6-2-7-13-18)21-19-14-8-3-9-15-19;1-2(3,4)5;/h2-15,20H,16H2;1H2;/q-2;-1;+2. The van der Waals surface area contributed by atoms with E-state index in [1.165, 1.54) is 14.7 Å². The molecule has 0 aliphatic rings. The van der Waals surface area contributed by atoms with Crippen molar-refractivity contribution in [2.75, 3.05) is 0 Å². The predicted molar refractivity (Wildman–Crippen MR) is 94.7 cm³/mol. The number of rotatable bonds is 5. The summed E-state index contributed by atoms with van der Waals surface area (Å²) in [5.74, 6) is 0. The Labute approximate surface area is 193 Å². The van der Waals surface area contributed by atoms with Gasteiger partial charge in [0.05, 0.1) is 0 Å². The van der Waals surface area contributed by atoms with Crippen LogP contribution in [0.4, 0.5) is 13.2 Å². The van der Waals surface area contributed by atoms with Gasteiger partial charge in [-0.1, -0.05) is 0 Å². The van der Waals surface area contributed by atoms with E-state index in [4.69, 9.17) is 0 Å². The van der Waals surface area contributed by atoms with Crippen LogP contribution in [0, 0.1) is 47.7 Å². The number of halogens is 4. The van der Waals surface area contributed by atoms with Crippen LogP contribution in [0.1, 0.15) is 15.1 Å². The van der Waals surface area contributed by atoms with Gasteiger partial charge in [-0.05, 0) is 0 Å². The van der Waals surface area contributed by atoms with Gasteiger partial charge in [-0.25, -0.2) is 20.1 Å². The summed E-state index contributed by atoms with van der Waals surface area (Å²) in [6, 6.07) is 33.3. The molecule has 0 amide bonds. The molecule has 3 aromatic carbocycles. The molecule has 0 N–H and O–H groups in total. The number of hydrogen-bond donors (Lipinski definition) is 0. The summed E-state index contributed by atoms with van der Waals surface area (Å²) in [7, 11) is 0. The zero-order valence-electron chi connectivity index (χ0n) is 14.6. The quantitative estimate of drug-likeness (QED) is 0.218. The summed E-state index contributed by atoms with van der Waals surface area (Å²) in [5, 5.41) is 0. The molecule has 0 spiro atoms. The van der Waals surface area contributed by atoms with Crippen molar-refractivity contribution in [3.63, 3.8) is 0 Å². The van der Waals surface area contributed by atoms with Gasteiger partial charge < -0.3 is 0 Å². The Hall–Kier alpha value is -0.768. The van der Waals surface area contributed by atoms with Crippen LogP contribution in [0.3, 0.4) is 0 Å². The second kappa shape index (κ2) is 12.6. The second-order valence-electron chi connectivity index (χ2n) is 5.51. The van der Waals surface area contributed by atoms with E-state index < -0.39 is 6.18 Å². The fraction of sp³-hybridized carbons (Fsp3) is 0.136. The van der Waals surface area contributed by atoms with E-state index in [9.17, 15) is 13.2 Å². The second-order valence-corrected chi connectivity index (χ2v) is 8.88. The van der Waals surface area contributed by atoms with Crippen molar-refractivity contribution in [2.24, 2.45) is 0 Å². The minimum atomic E-state index is -4.25. The minimum absolute atomic E-state index is 0. The Kier molecular flexibility index (Phi) is 11.4. The van der Waals surface area contributed by atoms with Crippen LogP contribution in [0.25, 0.3) is 0 Å². The van der Waals surface area contributed by atoms with Gasteiger partial charge in [-0.2, -0.15) is 0 Å². The predicted octanol–water partition coefficient (Wildman–Crippen LogP) is 3.11. The van der Waals surface area contributed by atoms with Gasteiger partial charge in [0.1, 0.15) is 0 Å². The molecule has 0 saturated carbocycles. The van der Waals surface area contributed by atoms with E-state index >= 15 is 0 Å². The van der Waals surface area contributed by atoms with E-state index in [1.54, 1.807) is 6.92 Å². The third-order valence-electron chi connectivity index (χ3n) is 3.35. The topological polar surface area (TPSA) is 0 Å². The molecule has 5 heteroatoms. The zero-order valence-corrected chi connectivity index (χ0v) is 20.9. The summed E-state index contributed by atoms with van der Waals surface area (Å²) in [6.45, 7) is 1.77. The van der Waals surface area contributed by atoms with Gasteiger partial charge in [0.2, 0.25) is 0 Å². The SMILES string of the molecule is [CH2-]C(F)(F)F.[U+2].[c-]1ccc(CC([I-]c2ccccc2)c2ccccc2)cc1. The van der Waals surface area contributed by atoms with Crippen LogP contribution in [-0.4, -0.2) is 6.18 Å². The normalized spacial score (nSPS) is 11.7. The number of alkyl halides is 4. The van der Waals surface area contributed by atoms with Gasteiger partial charge in [0.15, 0.2) is 0 Å². The molecule has 0 saturated heterocycles. The molecule has 0 aliphatic heterocycles. The first kappa shape index (κ1) is 24.3. The molecule has 0 aliphatic carbocycles. The van der Waals surface area contributed by atoms with Gasteiger partial charge in [-0.3, -0.25) is 0 Å². The molecule has 140 valence electrons. The average Bonchev–Trinajstić information content (AvgIpc) is 2.62. The van der Waals surface area contributed by atoms with Crippen LogP contribution in [0.5, 0.6) is 0 Å². The number of hydrogen-bond acceptors (Lipinski definition) is 0. The summed E-state index contributed by atoms with van der Waals surface area (Å²) in [5.41, 5.74) is 2.86. The van der Waals surface area contributed by atoms with E-state index in [2.05, 4.69) is 78.9 Å². The molecular formula is C22H19F3IU-. The molecule has 3 aromatic rings. The molecule has 1 unspecified atom stereocenters. The van der Waals surface area contributed by atoms with Gasteiger partial charge >= 0.3 is 168 Å². The molecule has 0 radical (unpaired) electrons. The summed E-state index contributed by atoms with van der Waals surface area (Å²) < 4.78 is 32.9. The first-order chi connectivity index (χ1) is 12.4. The maximum atomic E-state index is 10.2. The molecule has 27 heavy (non-hydrogen) atoms. The molecule has 0 bridgehead atoms. The molecule has 0 aromatic heterocycles. The van der Waals surface area contributed by atoms with Gasteiger partial charge in [0, 0.05) is 0 Å². The molecule has 0 nitrogen and oxygen atoms in total. The van der Waals surface area contributed by atoms with Crippen molar-refractivity contribution >= 4 is 0 Å². The molecular weight excluding hydrogens is 686 g/mol. The summed E-state index contributed by atoms with van der Waals surface area (Å²) >= 11 is -0.0538. The van der Waals surface area contributed by atoms with Crippen molar-refractivity contribution < 1.29 is 65.5 Å². The fourth-order valence-corrected chi connectivity index (χ4v) is 5.49. The van der Waals surface area contributed by atoms with Gasteiger partial charge in [-0.15, -0.1) is 0 Å². The van der Waals surface area contributed by atoms with E-state index in [0.717, 1.165) is 6.42 Å².